The molecule has 0 aliphatic rings. The van der Waals surface area contributed by atoms with E-state index in [2.05, 4.69) is 10.0 Å². The lowest BCUT2D eigenvalue weighted by Crippen LogP contribution is -2.18. The van der Waals surface area contributed by atoms with Gasteiger partial charge in [0.2, 0.25) is 15.9 Å². The van der Waals surface area contributed by atoms with Crippen LogP contribution in [0, 0.1) is 5.82 Å². The lowest BCUT2D eigenvalue weighted by Gasteiger charge is -2.10. The number of carbonyl (C=O) groups excluding carboxylic acids is 1. The molecule has 5 nitrogen and oxygen atoms in total. The van der Waals surface area contributed by atoms with Crippen molar-refractivity contribution in [3.63, 3.8) is 0 Å². The summed E-state index contributed by atoms with van der Waals surface area (Å²) in [4.78, 5) is 10.9. The maximum atomic E-state index is 13.6. The number of hydrogen-bond acceptors (Lipinski definition) is 3. The molecule has 0 atom stereocenters. The molecule has 0 saturated carbocycles. The van der Waals surface area contributed by atoms with Crippen LogP contribution in [0.15, 0.2) is 18.2 Å². The van der Waals surface area contributed by atoms with Crippen molar-refractivity contribution < 1.29 is 17.6 Å². The fraction of sp³-hybridized carbons (Fsp3) is 0.417. The third-order valence-corrected chi connectivity index (χ3v) is 3.97. The van der Waals surface area contributed by atoms with Gasteiger partial charge in [0.05, 0.1) is 11.4 Å². The van der Waals surface area contributed by atoms with Crippen LogP contribution in [0.25, 0.3) is 0 Å². The fourth-order valence-electron chi connectivity index (χ4n) is 1.49. The first-order valence-electron chi connectivity index (χ1n) is 5.97. The minimum Gasteiger partial charge on any atom is -0.326 e. The van der Waals surface area contributed by atoms with Gasteiger partial charge >= 0.3 is 0 Å². The molecule has 1 aromatic rings. The Labute approximate surface area is 122 Å². The Hall–Kier alpha value is -1.34. The first kappa shape index (κ1) is 16.7. The van der Waals surface area contributed by atoms with Crippen molar-refractivity contribution in [1.29, 1.82) is 0 Å². The minimum atomic E-state index is -3.64. The number of halogens is 2. The van der Waals surface area contributed by atoms with E-state index in [9.17, 15) is 17.6 Å². The molecule has 0 aliphatic heterocycles. The maximum absolute atomic E-state index is 13.6. The summed E-state index contributed by atoms with van der Waals surface area (Å²) in [5.74, 6) is -0.793. The summed E-state index contributed by atoms with van der Waals surface area (Å²) >= 11 is 5.47. The van der Waals surface area contributed by atoms with E-state index in [0.29, 0.717) is 24.4 Å². The largest absolute Gasteiger partial charge is 0.326 e. The summed E-state index contributed by atoms with van der Waals surface area (Å²) in [5.41, 5.74) is 0.125. The van der Waals surface area contributed by atoms with Crippen molar-refractivity contribution >= 4 is 38.9 Å². The van der Waals surface area contributed by atoms with Crippen molar-refractivity contribution in [2.75, 3.05) is 21.7 Å². The molecule has 1 amide bonds. The van der Waals surface area contributed by atoms with E-state index in [1.165, 1.54) is 19.1 Å². The van der Waals surface area contributed by atoms with Crippen LogP contribution >= 0.6 is 11.6 Å². The molecule has 0 aliphatic carbocycles. The Morgan fingerprint density at radius 3 is 2.65 bits per heavy atom. The molecule has 0 saturated heterocycles. The molecule has 112 valence electrons. The molecular weight excluding hydrogens is 307 g/mol. The SMILES string of the molecule is CC(=O)Nc1ccc(F)c(NS(=O)(=O)CCCCCl)c1. The van der Waals surface area contributed by atoms with Gasteiger partial charge in [-0.15, -0.1) is 11.6 Å². The zero-order valence-corrected chi connectivity index (χ0v) is 12.5. The van der Waals surface area contributed by atoms with Crippen LogP contribution in [0.1, 0.15) is 19.8 Å². The smallest absolute Gasteiger partial charge is 0.232 e. The number of sulfonamides is 1. The summed E-state index contributed by atoms with van der Waals surface area (Å²) < 4.78 is 39.2. The summed E-state index contributed by atoms with van der Waals surface area (Å²) in [6, 6.07) is 3.67. The number of rotatable bonds is 7. The zero-order valence-electron chi connectivity index (χ0n) is 10.9. The first-order valence-corrected chi connectivity index (χ1v) is 8.16. The van der Waals surface area contributed by atoms with E-state index in [-0.39, 0.29) is 17.3 Å². The molecule has 0 spiro atoms. The van der Waals surface area contributed by atoms with Gasteiger partial charge in [0.1, 0.15) is 5.82 Å². The van der Waals surface area contributed by atoms with Crippen molar-refractivity contribution in [2.45, 2.75) is 19.8 Å². The molecule has 0 heterocycles. The Morgan fingerprint density at radius 2 is 2.05 bits per heavy atom. The second-order valence-corrected chi connectivity index (χ2v) is 6.41. The number of amides is 1. The molecule has 0 aromatic heterocycles. The summed E-state index contributed by atoms with van der Waals surface area (Å²) in [5, 5.41) is 2.45. The number of nitrogens with one attached hydrogen (secondary N) is 2. The Morgan fingerprint density at radius 1 is 1.35 bits per heavy atom. The Balaban J connectivity index is 2.82. The third-order valence-electron chi connectivity index (χ3n) is 2.35. The van der Waals surface area contributed by atoms with Crippen LogP contribution in [-0.2, 0) is 14.8 Å². The number of unbranched alkanes of at least 4 members (excludes halogenated alkanes) is 1. The van der Waals surface area contributed by atoms with Crippen molar-refractivity contribution in [1.82, 2.24) is 0 Å². The van der Waals surface area contributed by atoms with Crippen LogP contribution < -0.4 is 10.0 Å². The molecule has 2 N–H and O–H groups in total. The van der Waals surface area contributed by atoms with E-state index < -0.39 is 15.8 Å². The van der Waals surface area contributed by atoms with Crippen molar-refractivity contribution in [3.8, 4) is 0 Å². The molecule has 0 radical (unpaired) electrons. The molecule has 0 unspecified atom stereocenters. The zero-order chi connectivity index (χ0) is 15.2. The molecule has 20 heavy (non-hydrogen) atoms. The minimum absolute atomic E-state index is 0.135. The monoisotopic (exact) mass is 322 g/mol. The number of anilines is 2. The van der Waals surface area contributed by atoms with E-state index in [1.807, 2.05) is 0 Å². The Kier molecular flexibility index (Phi) is 6.22. The van der Waals surface area contributed by atoms with Gasteiger partial charge in [-0.25, -0.2) is 12.8 Å². The highest BCUT2D eigenvalue weighted by atomic mass is 35.5. The molecule has 0 fully saturated rings. The third kappa shape index (κ3) is 5.75. The van der Waals surface area contributed by atoms with Crippen LogP contribution in [0.2, 0.25) is 0 Å². The Bertz CT molecular complexity index is 578. The highest BCUT2D eigenvalue weighted by molar-refractivity contribution is 7.92. The second kappa shape index (κ2) is 7.44. The number of benzene rings is 1. The predicted octanol–water partition coefficient (Wildman–Crippen LogP) is 2.54. The molecular formula is C12H16ClFN2O3S. The topological polar surface area (TPSA) is 75.3 Å². The predicted molar refractivity (Wildman–Crippen MR) is 78.1 cm³/mol. The molecule has 0 bridgehead atoms. The van der Waals surface area contributed by atoms with Crippen molar-refractivity contribution in [3.05, 3.63) is 24.0 Å². The second-order valence-electron chi connectivity index (χ2n) is 4.19. The normalized spacial score (nSPS) is 11.2. The average Bonchev–Trinajstić information content (AvgIpc) is 2.32. The standard InChI is InChI=1S/C12H16ClFN2O3S/c1-9(17)15-10-4-5-11(14)12(8-10)16-20(18,19)7-3-2-6-13/h4-5,8,16H,2-3,6-7H2,1H3,(H,15,17). The highest BCUT2D eigenvalue weighted by Gasteiger charge is 2.13. The van der Waals surface area contributed by atoms with E-state index >= 15 is 0 Å². The lowest BCUT2D eigenvalue weighted by molar-refractivity contribution is -0.114. The molecule has 8 heteroatoms. The van der Waals surface area contributed by atoms with Crippen LogP contribution in [0.3, 0.4) is 0 Å². The van der Waals surface area contributed by atoms with Gasteiger partial charge in [-0.1, -0.05) is 0 Å². The molecule has 1 aromatic carbocycles. The van der Waals surface area contributed by atoms with Gasteiger partial charge in [-0.3, -0.25) is 9.52 Å². The van der Waals surface area contributed by atoms with Crippen molar-refractivity contribution in [2.24, 2.45) is 0 Å². The van der Waals surface area contributed by atoms with Gasteiger partial charge < -0.3 is 5.32 Å². The summed E-state index contributed by atoms with van der Waals surface area (Å²) in [6.07, 6.45) is 0.961. The van der Waals surface area contributed by atoms with Crippen LogP contribution in [-0.4, -0.2) is 26.0 Å². The number of alkyl halides is 1. The summed E-state index contributed by atoms with van der Waals surface area (Å²) in [7, 11) is -3.64. The van der Waals surface area contributed by atoms with Gasteiger partial charge in [0, 0.05) is 18.5 Å². The van der Waals surface area contributed by atoms with Gasteiger partial charge in [-0.2, -0.15) is 0 Å². The fourth-order valence-corrected chi connectivity index (χ4v) is 2.86. The van der Waals surface area contributed by atoms with Gasteiger partial charge in [-0.05, 0) is 31.0 Å². The van der Waals surface area contributed by atoms with E-state index in [0.717, 1.165) is 6.07 Å². The highest BCUT2D eigenvalue weighted by Crippen LogP contribution is 2.21. The van der Waals surface area contributed by atoms with Crippen LogP contribution in [0.5, 0.6) is 0 Å². The lowest BCUT2D eigenvalue weighted by atomic mass is 10.2. The van der Waals surface area contributed by atoms with Gasteiger partial charge in [0.25, 0.3) is 0 Å². The molecule has 1 rings (SSSR count). The van der Waals surface area contributed by atoms with Crippen LogP contribution in [0.4, 0.5) is 15.8 Å². The van der Waals surface area contributed by atoms with E-state index in [1.54, 1.807) is 0 Å². The number of carbonyl (C=O) groups is 1. The first-order chi connectivity index (χ1) is 9.34. The van der Waals surface area contributed by atoms with E-state index in [4.69, 9.17) is 11.6 Å². The maximum Gasteiger partial charge on any atom is 0.232 e. The van der Waals surface area contributed by atoms with Gasteiger partial charge in [0.15, 0.2) is 0 Å². The average molecular weight is 323 g/mol. The number of hydrogen-bond donors (Lipinski definition) is 2. The summed E-state index contributed by atoms with van der Waals surface area (Å²) in [6.45, 7) is 1.30. The quantitative estimate of drug-likeness (QED) is 0.598.